The molecule has 1 aliphatic carbocycles. The summed E-state index contributed by atoms with van der Waals surface area (Å²) in [5, 5.41) is 7.30. The highest BCUT2D eigenvalue weighted by molar-refractivity contribution is 6.35. The lowest BCUT2D eigenvalue weighted by atomic mass is 10.0. The first-order chi connectivity index (χ1) is 12.6. The number of hydrogen-bond donors (Lipinski definition) is 2. The molecule has 5 rings (SSSR count). The molecule has 0 saturated heterocycles. The Morgan fingerprint density at radius 3 is 2.77 bits per heavy atom. The van der Waals surface area contributed by atoms with Crippen LogP contribution in [0.5, 0.6) is 0 Å². The van der Waals surface area contributed by atoms with Crippen LogP contribution in [0.2, 0.25) is 5.02 Å². The summed E-state index contributed by atoms with van der Waals surface area (Å²) >= 11 is 6.16. The van der Waals surface area contributed by atoms with E-state index >= 15 is 0 Å². The van der Waals surface area contributed by atoms with Crippen LogP contribution in [0.1, 0.15) is 29.8 Å². The monoisotopic (exact) mass is 371 g/mol. The molecule has 3 N–H and O–H groups in total. The predicted octanol–water partition coefficient (Wildman–Crippen LogP) is 4.24. The molecule has 0 unspecified atom stereocenters. The Balaban J connectivity index is 0.000000510. The zero-order valence-electron chi connectivity index (χ0n) is 13.7. The average molecular weight is 372 g/mol. The zero-order chi connectivity index (χ0) is 18.3. The number of carbonyl (C=O) groups is 1. The molecule has 26 heavy (non-hydrogen) atoms. The number of aromatic amines is 1. The predicted molar refractivity (Wildman–Crippen MR) is 98.9 cm³/mol. The maximum absolute atomic E-state index is 14.1. The Labute approximate surface area is 152 Å². The first-order valence-corrected chi connectivity index (χ1v) is 8.52. The van der Waals surface area contributed by atoms with Gasteiger partial charge in [-0.2, -0.15) is 5.10 Å². The van der Waals surface area contributed by atoms with Crippen LogP contribution in [-0.2, 0) is 0 Å². The third-order valence-corrected chi connectivity index (χ3v) is 4.45. The number of carbonyl (C=O) groups excluding carboxylic acids is 1. The second-order valence-corrected chi connectivity index (χ2v) is 6.46. The highest BCUT2D eigenvalue weighted by Gasteiger charge is 2.17. The van der Waals surface area contributed by atoms with Crippen molar-refractivity contribution in [1.82, 2.24) is 19.6 Å². The molecule has 0 spiro atoms. The molecule has 132 valence electrons. The maximum Gasteiger partial charge on any atom is 0.170 e. The van der Waals surface area contributed by atoms with Crippen LogP contribution in [0.3, 0.4) is 0 Å². The molecule has 0 atom stereocenters. The Morgan fingerprint density at radius 2 is 2.08 bits per heavy atom. The summed E-state index contributed by atoms with van der Waals surface area (Å²) in [5.41, 5.74) is 8.11. The van der Waals surface area contributed by atoms with Crippen LogP contribution in [0.4, 0.5) is 10.2 Å². The van der Waals surface area contributed by atoms with Crippen molar-refractivity contribution in [2.24, 2.45) is 0 Å². The number of nitrogens with two attached hydrogens (primary N) is 1. The van der Waals surface area contributed by atoms with E-state index < -0.39 is 5.82 Å². The summed E-state index contributed by atoms with van der Waals surface area (Å²) in [4.78, 5) is 15.3. The average Bonchev–Trinajstić information content (AvgIpc) is 3.39. The molecule has 6 nitrogen and oxygen atoms in total. The Hall–Kier alpha value is -2.93. The molecule has 1 aliphatic rings. The van der Waals surface area contributed by atoms with Crippen LogP contribution in [0.25, 0.3) is 27.7 Å². The Kier molecular flexibility index (Phi) is 4.08. The van der Waals surface area contributed by atoms with Gasteiger partial charge in [0.05, 0.1) is 16.7 Å². The third-order valence-electron chi connectivity index (χ3n) is 4.08. The van der Waals surface area contributed by atoms with Gasteiger partial charge in [0.1, 0.15) is 17.2 Å². The molecule has 0 amide bonds. The van der Waals surface area contributed by atoms with E-state index in [4.69, 9.17) is 17.3 Å². The number of pyridine rings is 1. The van der Waals surface area contributed by atoms with Crippen LogP contribution in [-0.4, -0.2) is 25.9 Å². The number of nitrogen functional groups attached to an aromatic ring is 1. The molecular formula is C18H15ClFN5O. The lowest BCUT2D eigenvalue weighted by molar-refractivity contribution is 0.111. The molecule has 0 bridgehead atoms. The van der Waals surface area contributed by atoms with Gasteiger partial charge in [0.15, 0.2) is 12.1 Å². The number of imidazole rings is 1. The minimum absolute atomic E-state index is 0.0148. The van der Waals surface area contributed by atoms with Crippen LogP contribution >= 0.6 is 11.6 Å². The van der Waals surface area contributed by atoms with Crippen molar-refractivity contribution >= 4 is 40.3 Å². The number of nitrogens with zero attached hydrogens (tertiary/aromatic N) is 3. The fourth-order valence-corrected chi connectivity index (χ4v) is 2.93. The minimum atomic E-state index is -0.556. The number of H-pyrrole nitrogens is 1. The summed E-state index contributed by atoms with van der Waals surface area (Å²) in [7, 11) is 0. The SMILES string of the molecule is C1CC1.Nc1nc2ccc(-c3c(Cl)c(F)cc4[nH]ncc34)cn2c1C=O. The number of anilines is 1. The van der Waals surface area contributed by atoms with E-state index in [1.807, 2.05) is 0 Å². The highest BCUT2D eigenvalue weighted by Crippen LogP contribution is 2.36. The second-order valence-electron chi connectivity index (χ2n) is 6.09. The van der Waals surface area contributed by atoms with Gasteiger partial charge in [-0.05, 0) is 12.1 Å². The third kappa shape index (κ3) is 2.80. The first kappa shape index (κ1) is 16.5. The Bertz CT molecular complexity index is 1130. The smallest absolute Gasteiger partial charge is 0.170 e. The highest BCUT2D eigenvalue weighted by atomic mass is 35.5. The number of nitrogens with one attached hydrogen (secondary N) is 1. The van der Waals surface area contributed by atoms with Gasteiger partial charge < -0.3 is 5.73 Å². The maximum atomic E-state index is 14.1. The van der Waals surface area contributed by atoms with E-state index in [2.05, 4.69) is 15.2 Å². The fourth-order valence-electron chi connectivity index (χ4n) is 2.66. The minimum Gasteiger partial charge on any atom is -0.382 e. The van der Waals surface area contributed by atoms with Gasteiger partial charge in [0, 0.05) is 28.8 Å². The van der Waals surface area contributed by atoms with Gasteiger partial charge in [0.2, 0.25) is 0 Å². The molecule has 1 fully saturated rings. The van der Waals surface area contributed by atoms with E-state index in [-0.39, 0.29) is 16.5 Å². The summed E-state index contributed by atoms with van der Waals surface area (Å²) in [5.74, 6) is -0.421. The van der Waals surface area contributed by atoms with E-state index in [0.29, 0.717) is 34.0 Å². The summed E-state index contributed by atoms with van der Waals surface area (Å²) in [6.45, 7) is 0. The molecule has 3 aromatic heterocycles. The zero-order valence-corrected chi connectivity index (χ0v) is 14.4. The van der Waals surface area contributed by atoms with Crippen LogP contribution in [0, 0.1) is 5.82 Å². The van der Waals surface area contributed by atoms with Crippen molar-refractivity contribution < 1.29 is 9.18 Å². The number of rotatable bonds is 2. The molecule has 4 aromatic rings. The number of halogens is 2. The van der Waals surface area contributed by atoms with E-state index in [9.17, 15) is 9.18 Å². The summed E-state index contributed by atoms with van der Waals surface area (Å²) < 4.78 is 15.6. The van der Waals surface area contributed by atoms with Gasteiger partial charge in [0.25, 0.3) is 0 Å². The second kappa shape index (κ2) is 6.42. The normalized spacial score (nSPS) is 12.8. The van der Waals surface area contributed by atoms with Crippen molar-refractivity contribution in [3.8, 4) is 11.1 Å². The largest absolute Gasteiger partial charge is 0.382 e. The topological polar surface area (TPSA) is 89.1 Å². The Morgan fingerprint density at radius 1 is 1.31 bits per heavy atom. The van der Waals surface area contributed by atoms with Gasteiger partial charge in [-0.1, -0.05) is 30.9 Å². The first-order valence-electron chi connectivity index (χ1n) is 8.14. The molecule has 0 aliphatic heterocycles. The number of hydrogen-bond acceptors (Lipinski definition) is 4. The lowest BCUT2D eigenvalue weighted by Crippen LogP contribution is -1.96. The van der Waals surface area contributed by atoms with Gasteiger partial charge >= 0.3 is 0 Å². The lowest BCUT2D eigenvalue weighted by Gasteiger charge is -2.08. The van der Waals surface area contributed by atoms with Gasteiger partial charge in [-0.3, -0.25) is 14.3 Å². The van der Waals surface area contributed by atoms with Gasteiger partial charge in [-0.25, -0.2) is 9.37 Å². The number of aromatic nitrogens is 4. The van der Waals surface area contributed by atoms with E-state index in [1.165, 1.54) is 25.3 Å². The molecular weight excluding hydrogens is 357 g/mol. The summed E-state index contributed by atoms with van der Waals surface area (Å²) in [6, 6.07) is 4.72. The molecule has 1 saturated carbocycles. The number of benzene rings is 1. The molecule has 1 aromatic carbocycles. The molecule has 0 radical (unpaired) electrons. The molecule has 8 heteroatoms. The van der Waals surface area contributed by atoms with E-state index in [1.54, 1.807) is 28.9 Å². The van der Waals surface area contributed by atoms with E-state index in [0.717, 1.165) is 0 Å². The van der Waals surface area contributed by atoms with Crippen molar-refractivity contribution in [3.63, 3.8) is 0 Å². The van der Waals surface area contributed by atoms with Gasteiger partial charge in [-0.15, -0.1) is 0 Å². The number of aldehydes is 1. The van der Waals surface area contributed by atoms with Crippen LogP contribution < -0.4 is 5.73 Å². The van der Waals surface area contributed by atoms with Crippen molar-refractivity contribution in [1.29, 1.82) is 0 Å². The fraction of sp³-hybridized carbons (Fsp3) is 0.167. The van der Waals surface area contributed by atoms with Crippen molar-refractivity contribution in [2.75, 3.05) is 5.73 Å². The van der Waals surface area contributed by atoms with Crippen LogP contribution in [0.15, 0.2) is 30.6 Å². The standard InChI is InChI=1S/C15H9ClFN5O.C3H6/c16-14-9(17)3-10-8(4-19-21-10)13(14)7-1-2-12-20-15(18)11(6-23)22(12)5-7;1-2-3-1/h1-6H,18H2,(H,19,21);1-3H2. The summed E-state index contributed by atoms with van der Waals surface area (Å²) in [6.07, 6.45) is 8.35. The van der Waals surface area contributed by atoms with Crippen molar-refractivity contribution in [2.45, 2.75) is 19.3 Å². The molecule has 3 heterocycles. The quantitative estimate of drug-likeness (QED) is 0.516. The number of fused-ring (bicyclic) bond motifs is 2. The van der Waals surface area contributed by atoms with Crippen molar-refractivity contribution in [3.05, 3.63) is 47.1 Å².